The smallest absolute Gasteiger partial charge is 0.0233 e. The molecule has 1 N–H and O–H groups in total. The molecule has 2 aliphatic heterocycles. The quantitative estimate of drug-likeness (QED) is 0.906. The van der Waals surface area contributed by atoms with Gasteiger partial charge in [-0.2, -0.15) is 0 Å². The standard InChI is InChI=1S/C17H26N2.2ClH/c1-2-12-19(11-1)14-17-5-3-15(4-6-17)13-16-7-9-18-10-8-16;;/h3-6,16,18H,1-2,7-14H2;2*1H. The first-order chi connectivity index (χ1) is 9.40. The molecule has 2 aliphatic rings. The van der Waals surface area contributed by atoms with E-state index in [-0.39, 0.29) is 24.8 Å². The van der Waals surface area contributed by atoms with E-state index in [1.165, 1.54) is 69.4 Å². The normalized spacial score (nSPS) is 19.8. The lowest BCUT2D eigenvalue weighted by atomic mass is 9.91. The van der Waals surface area contributed by atoms with Gasteiger partial charge in [0.1, 0.15) is 0 Å². The van der Waals surface area contributed by atoms with Crippen molar-refractivity contribution in [1.29, 1.82) is 0 Å². The summed E-state index contributed by atoms with van der Waals surface area (Å²) in [6.07, 6.45) is 6.72. The first-order valence-electron chi connectivity index (χ1n) is 7.91. The first kappa shape index (κ1) is 18.8. The van der Waals surface area contributed by atoms with Gasteiger partial charge in [0, 0.05) is 6.54 Å². The van der Waals surface area contributed by atoms with Crippen molar-refractivity contribution in [1.82, 2.24) is 10.2 Å². The van der Waals surface area contributed by atoms with Crippen LogP contribution in [-0.4, -0.2) is 31.1 Å². The van der Waals surface area contributed by atoms with Crippen molar-refractivity contribution >= 4 is 24.8 Å². The van der Waals surface area contributed by atoms with Crippen LogP contribution in [-0.2, 0) is 13.0 Å². The van der Waals surface area contributed by atoms with Crippen LogP contribution in [0.3, 0.4) is 0 Å². The van der Waals surface area contributed by atoms with Crippen molar-refractivity contribution < 1.29 is 0 Å². The molecule has 0 spiro atoms. The number of likely N-dealkylation sites (tertiary alicyclic amines) is 1. The predicted octanol–water partition coefficient (Wildman–Crippen LogP) is 3.67. The Morgan fingerprint density at radius 3 is 2.10 bits per heavy atom. The van der Waals surface area contributed by atoms with Gasteiger partial charge in [-0.3, -0.25) is 4.90 Å². The maximum Gasteiger partial charge on any atom is 0.0233 e. The van der Waals surface area contributed by atoms with E-state index in [9.17, 15) is 0 Å². The maximum atomic E-state index is 3.44. The molecule has 0 unspecified atom stereocenters. The summed E-state index contributed by atoms with van der Waals surface area (Å²) in [6, 6.07) is 9.39. The zero-order valence-electron chi connectivity index (χ0n) is 12.7. The minimum Gasteiger partial charge on any atom is -0.317 e. The van der Waals surface area contributed by atoms with Crippen LogP contribution in [0.15, 0.2) is 24.3 Å². The molecule has 0 bridgehead atoms. The van der Waals surface area contributed by atoms with Gasteiger partial charge in [0.05, 0.1) is 0 Å². The van der Waals surface area contributed by atoms with Crippen molar-refractivity contribution in [3.63, 3.8) is 0 Å². The first-order valence-corrected chi connectivity index (χ1v) is 7.91. The number of hydrogen-bond donors (Lipinski definition) is 1. The molecule has 120 valence electrons. The average Bonchev–Trinajstić information content (AvgIpc) is 2.95. The summed E-state index contributed by atoms with van der Waals surface area (Å²) in [7, 11) is 0. The van der Waals surface area contributed by atoms with Crippen molar-refractivity contribution in [2.24, 2.45) is 5.92 Å². The van der Waals surface area contributed by atoms with Crippen molar-refractivity contribution in [3.8, 4) is 0 Å². The number of rotatable bonds is 4. The van der Waals surface area contributed by atoms with Gasteiger partial charge >= 0.3 is 0 Å². The predicted molar refractivity (Wildman–Crippen MR) is 94.7 cm³/mol. The molecule has 21 heavy (non-hydrogen) atoms. The average molecular weight is 331 g/mol. The van der Waals surface area contributed by atoms with Gasteiger partial charge in [0.2, 0.25) is 0 Å². The fourth-order valence-electron chi connectivity index (χ4n) is 3.40. The maximum absolute atomic E-state index is 3.44. The summed E-state index contributed by atoms with van der Waals surface area (Å²) >= 11 is 0. The third-order valence-corrected chi connectivity index (χ3v) is 4.61. The molecule has 0 radical (unpaired) electrons. The van der Waals surface area contributed by atoms with Gasteiger partial charge < -0.3 is 5.32 Å². The Balaban J connectivity index is 0.00000110. The summed E-state index contributed by atoms with van der Waals surface area (Å²) in [4.78, 5) is 2.57. The Morgan fingerprint density at radius 1 is 0.905 bits per heavy atom. The molecule has 2 fully saturated rings. The molecular weight excluding hydrogens is 303 g/mol. The third kappa shape index (κ3) is 5.78. The molecule has 1 aromatic rings. The van der Waals surface area contributed by atoms with E-state index in [1.807, 2.05) is 0 Å². The molecule has 0 aromatic heterocycles. The second-order valence-corrected chi connectivity index (χ2v) is 6.20. The van der Waals surface area contributed by atoms with Gasteiger partial charge in [0.15, 0.2) is 0 Å². The van der Waals surface area contributed by atoms with E-state index >= 15 is 0 Å². The van der Waals surface area contributed by atoms with Crippen molar-refractivity contribution in [2.75, 3.05) is 26.2 Å². The zero-order valence-corrected chi connectivity index (χ0v) is 14.4. The second kappa shape index (κ2) is 9.68. The molecule has 0 aliphatic carbocycles. The highest BCUT2D eigenvalue weighted by Gasteiger charge is 2.14. The van der Waals surface area contributed by atoms with Crippen molar-refractivity contribution in [3.05, 3.63) is 35.4 Å². The number of nitrogens with zero attached hydrogens (tertiary/aromatic N) is 1. The van der Waals surface area contributed by atoms with Gasteiger partial charge in [-0.1, -0.05) is 24.3 Å². The molecule has 0 saturated carbocycles. The molecule has 2 nitrogen and oxygen atoms in total. The minimum atomic E-state index is 0. The Labute approximate surface area is 141 Å². The van der Waals surface area contributed by atoms with Crippen molar-refractivity contribution in [2.45, 2.75) is 38.6 Å². The Hall–Kier alpha value is -0.280. The lowest BCUT2D eigenvalue weighted by molar-refractivity contribution is 0.331. The SMILES string of the molecule is Cl.Cl.c1cc(CN2CCCC2)ccc1CC1CCNCC1. The van der Waals surface area contributed by atoms with Gasteiger partial charge in [0.25, 0.3) is 0 Å². The molecule has 1 aromatic carbocycles. The van der Waals surface area contributed by atoms with Crippen LogP contribution in [0.4, 0.5) is 0 Å². The van der Waals surface area contributed by atoms with E-state index in [2.05, 4.69) is 34.5 Å². The molecule has 2 heterocycles. The van der Waals surface area contributed by atoms with Crippen LogP contribution in [0.5, 0.6) is 0 Å². The largest absolute Gasteiger partial charge is 0.317 e. The monoisotopic (exact) mass is 330 g/mol. The molecular formula is C17H28Cl2N2. The van der Waals surface area contributed by atoms with E-state index in [4.69, 9.17) is 0 Å². The molecule has 3 rings (SSSR count). The molecule has 0 atom stereocenters. The van der Waals surface area contributed by atoms with Gasteiger partial charge in [-0.05, 0) is 75.3 Å². The Bertz CT molecular complexity index is 382. The zero-order chi connectivity index (χ0) is 12.9. The third-order valence-electron chi connectivity index (χ3n) is 4.61. The van der Waals surface area contributed by atoms with Crippen LogP contribution >= 0.6 is 24.8 Å². The fraction of sp³-hybridized carbons (Fsp3) is 0.647. The van der Waals surface area contributed by atoms with E-state index < -0.39 is 0 Å². The Morgan fingerprint density at radius 2 is 1.48 bits per heavy atom. The minimum absolute atomic E-state index is 0. The van der Waals surface area contributed by atoms with Gasteiger partial charge in [-0.15, -0.1) is 24.8 Å². The highest BCUT2D eigenvalue weighted by molar-refractivity contribution is 5.85. The van der Waals surface area contributed by atoms with E-state index in [0.717, 1.165) is 12.5 Å². The summed E-state index contributed by atoms with van der Waals surface area (Å²) < 4.78 is 0. The molecule has 4 heteroatoms. The Kier molecular flexibility index (Phi) is 8.65. The van der Waals surface area contributed by atoms with E-state index in [1.54, 1.807) is 0 Å². The highest BCUT2D eigenvalue weighted by Crippen LogP contribution is 2.19. The number of piperidine rings is 1. The number of benzene rings is 1. The fourth-order valence-corrected chi connectivity index (χ4v) is 3.40. The number of nitrogens with one attached hydrogen (secondary N) is 1. The van der Waals surface area contributed by atoms with Crippen LogP contribution in [0, 0.1) is 5.92 Å². The van der Waals surface area contributed by atoms with Crippen LogP contribution in [0.25, 0.3) is 0 Å². The molecule has 2 saturated heterocycles. The lowest BCUT2D eigenvalue weighted by Crippen LogP contribution is -2.28. The number of halogens is 2. The summed E-state index contributed by atoms with van der Waals surface area (Å²) in [5.74, 6) is 0.894. The highest BCUT2D eigenvalue weighted by atomic mass is 35.5. The summed E-state index contributed by atoms with van der Waals surface area (Å²) in [6.45, 7) is 6.14. The van der Waals surface area contributed by atoms with Crippen LogP contribution in [0.2, 0.25) is 0 Å². The second-order valence-electron chi connectivity index (χ2n) is 6.20. The summed E-state index contributed by atoms with van der Waals surface area (Å²) in [5.41, 5.74) is 3.01. The van der Waals surface area contributed by atoms with Crippen LogP contribution < -0.4 is 5.32 Å². The molecule has 0 amide bonds. The van der Waals surface area contributed by atoms with E-state index in [0.29, 0.717) is 0 Å². The topological polar surface area (TPSA) is 15.3 Å². The van der Waals surface area contributed by atoms with Gasteiger partial charge in [-0.25, -0.2) is 0 Å². The van der Waals surface area contributed by atoms with Crippen LogP contribution in [0.1, 0.15) is 36.8 Å². The summed E-state index contributed by atoms with van der Waals surface area (Å²) in [5, 5.41) is 3.44. The number of hydrogen-bond acceptors (Lipinski definition) is 2. The lowest BCUT2D eigenvalue weighted by Gasteiger charge is -2.22.